The second-order valence-electron chi connectivity index (χ2n) is 14.5. The van der Waals surface area contributed by atoms with Gasteiger partial charge in [0.05, 0.1) is 22.1 Å². The molecular weight excluding hydrogens is 647 g/mol. The van der Waals surface area contributed by atoms with E-state index >= 15 is 0 Å². The summed E-state index contributed by atoms with van der Waals surface area (Å²) in [6.45, 7) is 4.62. The van der Waals surface area contributed by atoms with E-state index in [0.717, 1.165) is 44.1 Å². The minimum Gasteiger partial charge on any atom is -0.309 e. The Morgan fingerprint density at radius 1 is 0.396 bits per heavy atom. The molecule has 0 radical (unpaired) electrons. The lowest BCUT2D eigenvalue weighted by molar-refractivity contribution is 0.660. The Bertz CT molecular complexity index is 3080. The van der Waals surface area contributed by atoms with E-state index in [9.17, 15) is 0 Å². The van der Waals surface area contributed by atoms with Crippen LogP contribution in [-0.2, 0) is 5.41 Å². The van der Waals surface area contributed by atoms with Gasteiger partial charge in [0, 0.05) is 43.8 Å². The molecule has 0 N–H and O–H groups in total. The number of nitrogens with zero attached hydrogens (tertiary/aromatic N) is 5. The number of para-hydroxylation sites is 3. The van der Waals surface area contributed by atoms with E-state index in [0.29, 0.717) is 17.6 Å². The van der Waals surface area contributed by atoms with E-state index < -0.39 is 0 Å². The third kappa shape index (κ3) is 4.34. The van der Waals surface area contributed by atoms with Gasteiger partial charge in [0.25, 0.3) is 0 Å². The van der Waals surface area contributed by atoms with Gasteiger partial charge in [-0.3, -0.25) is 4.57 Å². The molecule has 0 amide bonds. The van der Waals surface area contributed by atoms with Gasteiger partial charge in [-0.15, -0.1) is 0 Å². The standard InChI is InChI=1S/C48H33N5/c1-48(2)39-22-12-9-19-33(39)34-26-25-31(27-40(34)48)46-49-45(30-15-5-3-6-16-30)50-47(51-46)53-42-24-14-11-21-36(42)38-28-37-35-20-10-13-23-41(35)52(43(37)29-44(38)53)32-17-7-4-8-18-32/h3-29H,1-2H3. The third-order valence-corrected chi connectivity index (χ3v) is 11.2. The molecule has 0 fully saturated rings. The zero-order valence-electron chi connectivity index (χ0n) is 29.3. The Kier molecular flexibility index (Phi) is 6.23. The first-order chi connectivity index (χ1) is 26.0. The van der Waals surface area contributed by atoms with Crippen molar-refractivity contribution in [1.29, 1.82) is 0 Å². The van der Waals surface area contributed by atoms with Crippen molar-refractivity contribution >= 4 is 43.6 Å². The molecule has 0 saturated carbocycles. The van der Waals surface area contributed by atoms with E-state index in [1.165, 1.54) is 38.5 Å². The van der Waals surface area contributed by atoms with E-state index in [4.69, 9.17) is 15.0 Å². The predicted molar refractivity (Wildman–Crippen MR) is 217 cm³/mol. The first kappa shape index (κ1) is 29.8. The Labute approximate surface area is 306 Å². The average Bonchev–Trinajstić information content (AvgIpc) is 3.80. The highest BCUT2D eigenvalue weighted by Gasteiger charge is 2.35. The molecule has 11 rings (SSSR count). The van der Waals surface area contributed by atoms with Crippen molar-refractivity contribution in [2.75, 3.05) is 0 Å². The van der Waals surface area contributed by atoms with Crippen molar-refractivity contribution in [3.8, 4) is 45.5 Å². The fourth-order valence-electron chi connectivity index (χ4n) is 8.66. The lowest BCUT2D eigenvalue weighted by Crippen LogP contribution is -2.15. The second-order valence-corrected chi connectivity index (χ2v) is 14.5. The summed E-state index contributed by atoms with van der Waals surface area (Å²) in [6, 6.07) is 58.2. The monoisotopic (exact) mass is 679 g/mol. The zero-order chi connectivity index (χ0) is 35.3. The number of aromatic nitrogens is 5. The number of fused-ring (bicyclic) bond motifs is 9. The van der Waals surface area contributed by atoms with Gasteiger partial charge < -0.3 is 4.57 Å². The minimum atomic E-state index is -0.143. The summed E-state index contributed by atoms with van der Waals surface area (Å²) in [7, 11) is 0. The Morgan fingerprint density at radius 2 is 0.962 bits per heavy atom. The van der Waals surface area contributed by atoms with Gasteiger partial charge in [-0.1, -0.05) is 135 Å². The lowest BCUT2D eigenvalue weighted by Gasteiger charge is -2.21. The normalized spacial score (nSPS) is 13.2. The van der Waals surface area contributed by atoms with Gasteiger partial charge >= 0.3 is 0 Å². The molecule has 3 heterocycles. The number of benzene rings is 7. The molecule has 1 aliphatic rings. The summed E-state index contributed by atoms with van der Waals surface area (Å²) in [5.41, 5.74) is 12.5. The van der Waals surface area contributed by atoms with Gasteiger partial charge in [-0.2, -0.15) is 9.97 Å². The third-order valence-electron chi connectivity index (χ3n) is 11.2. The predicted octanol–water partition coefficient (Wildman–Crippen LogP) is 11.7. The van der Waals surface area contributed by atoms with Crippen molar-refractivity contribution in [2.24, 2.45) is 0 Å². The van der Waals surface area contributed by atoms with Crippen molar-refractivity contribution < 1.29 is 0 Å². The molecular formula is C48H33N5. The SMILES string of the molecule is CC1(C)c2ccccc2-c2ccc(-c3nc(-c4ccccc4)nc(-n4c5ccccc5c5cc6c7ccccc7n(-c7ccccc7)c6cc54)n3)cc21. The van der Waals surface area contributed by atoms with Crippen molar-refractivity contribution in [1.82, 2.24) is 24.1 Å². The van der Waals surface area contributed by atoms with E-state index in [2.05, 4.69) is 169 Å². The molecule has 0 bridgehead atoms. The zero-order valence-corrected chi connectivity index (χ0v) is 29.3. The van der Waals surface area contributed by atoms with Crippen LogP contribution in [0.1, 0.15) is 25.0 Å². The molecule has 3 aromatic heterocycles. The molecule has 10 aromatic rings. The summed E-state index contributed by atoms with van der Waals surface area (Å²) in [5.74, 6) is 1.87. The molecule has 5 heteroatoms. The Morgan fingerprint density at radius 3 is 1.70 bits per heavy atom. The van der Waals surface area contributed by atoms with Crippen LogP contribution in [0, 0.1) is 0 Å². The van der Waals surface area contributed by atoms with E-state index in [1.807, 2.05) is 18.2 Å². The smallest absolute Gasteiger partial charge is 0.238 e. The maximum absolute atomic E-state index is 5.33. The fraction of sp³-hybridized carbons (Fsp3) is 0.0625. The highest BCUT2D eigenvalue weighted by atomic mass is 15.2. The van der Waals surface area contributed by atoms with Crippen LogP contribution < -0.4 is 0 Å². The summed E-state index contributed by atoms with van der Waals surface area (Å²) >= 11 is 0. The van der Waals surface area contributed by atoms with Crippen LogP contribution in [-0.4, -0.2) is 24.1 Å². The number of rotatable bonds is 4. The summed E-state index contributed by atoms with van der Waals surface area (Å²) in [5, 5.41) is 4.74. The molecule has 0 atom stereocenters. The molecule has 5 nitrogen and oxygen atoms in total. The van der Waals surface area contributed by atoms with Crippen LogP contribution in [0.25, 0.3) is 89.2 Å². The molecule has 0 spiro atoms. The van der Waals surface area contributed by atoms with Crippen molar-refractivity contribution in [3.05, 3.63) is 175 Å². The van der Waals surface area contributed by atoms with E-state index in [1.54, 1.807) is 0 Å². The fourth-order valence-corrected chi connectivity index (χ4v) is 8.66. The van der Waals surface area contributed by atoms with Gasteiger partial charge in [0.1, 0.15) is 0 Å². The maximum Gasteiger partial charge on any atom is 0.238 e. The summed E-state index contributed by atoms with van der Waals surface area (Å²) in [6.07, 6.45) is 0. The van der Waals surface area contributed by atoms with Crippen LogP contribution in [0.5, 0.6) is 0 Å². The summed E-state index contributed by atoms with van der Waals surface area (Å²) < 4.78 is 4.59. The molecule has 0 aliphatic heterocycles. The molecule has 0 saturated heterocycles. The lowest BCUT2D eigenvalue weighted by atomic mass is 9.82. The highest BCUT2D eigenvalue weighted by Crippen LogP contribution is 2.49. The topological polar surface area (TPSA) is 48.5 Å². The van der Waals surface area contributed by atoms with Gasteiger partial charge in [-0.25, -0.2) is 4.98 Å². The number of hydrogen-bond acceptors (Lipinski definition) is 3. The van der Waals surface area contributed by atoms with Crippen LogP contribution >= 0.6 is 0 Å². The number of hydrogen-bond donors (Lipinski definition) is 0. The van der Waals surface area contributed by atoms with Crippen molar-refractivity contribution in [3.63, 3.8) is 0 Å². The summed E-state index contributed by atoms with van der Waals surface area (Å²) in [4.78, 5) is 15.7. The van der Waals surface area contributed by atoms with E-state index in [-0.39, 0.29) is 5.41 Å². The molecule has 7 aromatic carbocycles. The Balaban J connectivity index is 1.20. The van der Waals surface area contributed by atoms with Crippen molar-refractivity contribution in [2.45, 2.75) is 19.3 Å². The first-order valence-corrected chi connectivity index (χ1v) is 18.1. The molecule has 0 unspecified atom stereocenters. The molecule has 1 aliphatic carbocycles. The van der Waals surface area contributed by atoms with Gasteiger partial charge in [0.15, 0.2) is 11.6 Å². The van der Waals surface area contributed by atoms with Gasteiger partial charge in [-0.05, 0) is 64.7 Å². The quantitative estimate of drug-likeness (QED) is 0.186. The van der Waals surface area contributed by atoms with Gasteiger partial charge in [0.2, 0.25) is 5.95 Å². The largest absolute Gasteiger partial charge is 0.309 e. The Hall–Kier alpha value is -6.85. The van der Waals surface area contributed by atoms with Crippen LogP contribution in [0.3, 0.4) is 0 Å². The highest BCUT2D eigenvalue weighted by molar-refractivity contribution is 6.19. The second kappa shape index (κ2) is 11.1. The first-order valence-electron chi connectivity index (χ1n) is 18.1. The average molecular weight is 680 g/mol. The van der Waals surface area contributed by atoms with Crippen LogP contribution in [0.2, 0.25) is 0 Å². The molecule has 250 valence electrons. The maximum atomic E-state index is 5.33. The van der Waals surface area contributed by atoms with Crippen LogP contribution in [0.15, 0.2) is 164 Å². The minimum absolute atomic E-state index is 0.143. The molecule has 53 heavy (non-hydrogen) atoms. The van der Waals surface area contributed by atoms with Crippen LogP contribution in [0.4, 0.5) is 0 Å².